The predicted octanol–water partition coefficient (Wildman–Crippen LogP) is 3.80. The summed E-state index contributed by atoms with van der Waals surface area (Å²) in [6.45, 7) is 3.39. The van der Waals surface area contributed by atoms with Gasteiger partial charge in [-0.2, -0.15) is 0 Å². The number of benzene rings is 1. The van der Waals surface area contributed by atoms with Gasteiger partial charge in [0.1, 0.15) is 5.82 Å². The van der Waals surface area contributed by atoms with Gasteiger partial charge < -0.3 is 4.90 Å². The average molecular weight is 261 g/mol. The molecule has 1 aromatic rings. The molecular formula is C16H20FNO. The first kappa shape index (κ1) is 12.6. The van der Waals surface area contributed by atoms with Crippen molar-refractivity contribution < 1.29 is 9.18 Å². The van der Waals surface area contributed by atoms with Crippen LogP contribution in [0, 0.1) is 11.2 Å². The van der Waals surface area contributed by atoms with Crippen LogP contribution in [0.5, 0.6) is 0 Å². The van der Waals surface area contributed by atoms with E-state index in [4.69, 9.17) is 0 Å². The number of hydrogen-bond acceptors (Lipinski definition) is 2. The molecule has 1 aromatic carbocycles. The number of carbonyl (C=O) groups excluding carboxylic acids is 1. The molecule has 0 radical (unpaired) electrons. The van der Waals surface area contributed by atoms with E-state index >= 15 is 0 Å². The van der Waals surface area contributed by atoms with Gasteiger partial charge >= 0.3 is 0 Å². The molecule has 1 spiro atoms. The molecule has 19 heavy (non-hydrogen) atoms. The molecule has 1 heterocycles. The van der Waals surface area contributed by atoms with E-state index in [0.29, 0.717) is 16.7 Å². The summed E-state index contributed by atoms with van der Waals surface area (Å²) in [4.78, 5) is 13.4. The third kappa shape index (κ3) is 2.26. The van der Waals surface area contributed by atoms with E-state index in [-0.39, 0.29) is 11.6 Å². The molecule has 1 aliphatic heterocycles. The van der Waals surface area contributed by atoms with E-state index in [2.05, 4.69) is 4.90 Å². The molecule has 3 rings (SSSR count). The fraction of sp³-hybridized carbons (Fsp3) is 0.562. The standard InChI is InChI=1S/C16H20FNO/c1-12(19)13-4-5-15(14(17)10-13)18-9-8-16(11-18)6-2-3-7-16/h4-5,10H,2-3,6-9,11H2,1H3. The Morgan fingerprint density at radius 1 is 1.26 bits per heavy atom. The largest absolute Gasteiger partial charge is 0.369 e. The average Bonchev–Trinajstić information content (AvgIpc) is 3.00. The monoisotopic (exact) mass is 261 g/mol. The van der Waals surface area contributed by atoms with Crippen molar-refractivity contribution in [2.45, 2.75) is 39.0 Å². The number of rotatable bonds is 2. The van der Waals surface area contributed by atoms with E-state index < -0.39 is 0 Å². The predicted molar refractivity (Wildman–Crippen MR) is 74.1 cm³/mol. The van der Waals surface area contributed by atoms with Crippen LogP contribution in [-0.2, 0) is 0 Å². The molecule has 2 nitrogen and oxygen atoms in total. The summed E-state index contributed by atoms with van der Waals surface area (Å²) in [6, 6.07) is 4.87. The lowest BCUT2D eigenvalue weighted by Gasteiger charge is -2.25. The second kappa shape index (κ2) is 4.62. The van der Waals surface area contributed by atoms with Crippen molar-refractivity contribution in [3.8, 4) is 0 Å². The quantitative estimate of drug-likeness (QED) is 0.755. The first-order chi connectivity index (χ1) is 9.10. The third-order valence-corrected chi connectivity index (χ3v) is 4.80. The molecule has 1 saturated heterocycles. The van der Waals surface area contributed by atoms with Crippen molar-refractivity contribution in [1.82, 2.24) is 0 Å². The van der Waals surface area contributed by atoms with Crippen molar-refractivity contribution in [2.75, 3.05) is 18.0 Å². The van der Waals surface area contributed by atoms with Crippen LogP contribution in [0.15, 0.2) is 18.2 Å². The Balaban J connectivity index is 1.82. The van der Waals surface area contributed by atoms with Gasteiger partial charge in [-0.1, -0.05) is 12.8 Å². The van der Waals surface area contributed by atoms with Crippen LogP contribution in [0.2, 0.25) is 0 Å². The van der Waals surface area contributed by atoms with Gasteiger partial charge in [-0.15, -0.1) is 0 Å². The smallest absolute Gasteiger partial charge is 0.159 e. The second-order valence-corrected chi connectivity index (χ2v) is 6.10. The highest BCUT2D eigenvalue weighted by atomic mass is 19.1. The van der Waals surface area contributed by atoms with E-state index in [9.17, 15) is 9.18 Å². The summed E-state index contributed by atoms with van der Waals surface area (Å²) < 4.78 is 14.1. The summed E-state index contributed by atoms with van der Waals surface area (Å²) in [5, 5.41) is 0. The van der Waals surface area contributed by atoms with Crippen molar-refractivity contribution in [2.24, 2.45) is 5.41 Å². The molecule has 0 N–H and O–H groups in total. The van der Waals surface area contributed by atoms with E-state index in [1.54, 1.807) is 12.1 Å². The third-order valence-electron chi connectivity index (χ3n) is 4.80. The number of nitrogens with zero attached hydrogens (tertiary/aromatic N) is 1. The first-order valence-electron chi connectivity index (χ1n) is 7.15. The minimum absolute atomic E-state index is 0.0841. The van der Waals surface area contributed by atoms with E-state index in [1.165, 1.54) is 45.1 Å². The topological polar surface area (TPSA) is 20.3 Å². The van der Waals surface area contributed by atoms with Crippen LogP contribution in [-0.4, -0.2) is 18.9 Å². The Morgan fingerprint density at radius 3 is 2.63 bits per heavy atom. The summed E-state index contributed by atoms with van der Waals surface area (Å²) in [5.74, 6) is -0.345. The van der Waals surface area contributed by atoms with Crippen LogP contribution in [0.25, 0.3) is 0 Å². The SMILES string of the molecule is CC(=O)c1ccc(N2CCC3(CCCC3)C2)c(F)c1. The Morgan fingerprint density at radius 2 is 2.00 bits per heavy atom. The number of anilines is 1. The summed E-state index contributed by atoms with van der Waals surface area (Å²) >= 11 is 0. The Labute approximate surface area is 113 Å². The van der Waals surface area contributed by atoms with Crippen LogP contribution in [0.1, 0.15) is 49.4 Å². The first-order valence-corrected chi connectivity index (χ1v) is 7.15. The van der Waals surface area contributed by atoms with Gasteiger partial charge in [0.05, 0.1) is 5.69 Å². The highest BCUT2D eigenvalue weighted by molar-refractivity contribution is 5.94. The molecular weight excluding hydrogens is 241 g/mol. The Bertz CT molecular complexity index is 505. The van der Waals surface area contributed by atoms with Crippen LogP contribution >= 0.6 is 0 Å². The van der Waals surface area contributed by atoms with Crippen molar-refractivity contribution in [1.29, 1.82) is 0 Å². The lowest BCUT2D eigenvalue weighted by molar-refractivity contribution is 0.101. The van der Waals surface area contributed by atoms with Gasteiger partial charge in [0, 0.05) is 18.7 Å². The van der Waals surface area contributed by atoms with Crippen LogP contribution < -0.4 is 4.90 Å². The molecule has 0 atom stereocenters. The second-order valence-electron chi connectivity index (χ2n) is 6.10. The van der Waals surface area contributed by atoms with Gasteiger partial charge in [-0.25, -0.2) is 4.39 Å². The highest BCUT2D eigenvalue weighted by Crippen LogP contribution is 2.46. The van der Waals surface area contributed by atoms with Gasteiger partial charge in [0.2, 0.25) is 0 Å². The van der Waals surface area contributed by atoms with Crippen molar-refractivity contribution >= 4 is 11.5 Å². The summed E-state index contributed by atoms with van der Waals surface area (Å²) in [7, 11) is 0. The Kier molecular flexibility index (Phi) is 3.08. The Hall–Kier alpha value is -1.38. The minimum Gasteiger partial charge on any atom is -0.369 e. The maximum atomic E-state index is 14.1. The summed E-state index contributed by atoms with van der Waals surface area (Å²) in [5.41, 5.74) is 1.55. The molecule has 2 aliphatic rings. The maximum Gasteiger partial charge on any atom is 0.159 e. The zero-order valence-corrected chi connectivity index (χ0v) is 11.4. The van der Waals surface area contributed by atoms with Crippen molar-refractivity contribution in [3.63, 3.8) is 0 Å². The lowest BCUT2D eigenvalue weighted by atomic mass is 9.86. The zero-order valence-electron chi connectivity index (χ0n) is 11.4. The molecule has 1 aliphatic carbocycles. The number of carbonyl (C=O) groups is 1. The molecule has 0 amide bonds. The number of halogens is 1. The maximum absolute atomic E-state index is 14.1. The number of hydrogen-bond donors (Lipinski definition) is 0. The molecule has 0 aromatic heterocycles. The van der Waals surface area contributed by atoms with Crippen molar-refractivity contribution in [3.05, 3.63) is 29.6 Å². The minimum atomic E-state index is -0.261. The molecule has 0 unspecified atom stereocenters. The summed E-state index contributed by atoms with van der Waals surface area (Å²) in [6.07, 6.45) is 6.40. The fourth-order valence-corrected chi connectivity index (χ4v) is 3.66. The van der Waals surface area contributed by atoms with E-state index in [1.807, 2.05) is 0 Å². The number of Topliss-reactive ketones (excluding diaryl/α,β-unsaturated/α-hetero) is 1. The van der Waals surface area contributed by atoms with Crippen LogP contribution in [0.3, 0.4) is 0 Å². The van der Waals surface area contributed by atoms with Gasteiger partial charge in [0.25, 0.3) is 0 Å². The lowest BCUT2D eigenvalue weighted by Crippen LogP contribution is -2.25. The molecule has 102 valence electrons. The molecule has 1 saturated carbocycles. The normalized spacial score (nSPS) is 21.3. The highest BCUT2D eigenvalue weighted by Gasteiger charge is 2.40. The molecule has 2 fully saturated rings. The van der Waals surface area contributed by atoms with Gasteiger partial charge in [-0.3, -0.25) is 4.79 Å². The number of ketones is 1. The molecule has 3 heteroatoms. The van der Waals surface area contributed by atoms with Gasteiger partial charge in [0.15, 0.2) is 5.78 Å². The molecule has 0 bridgehead atoms. The van der Waals surface area contributed by atoms with E-state index in [0.717, 1.165) is 13.1 Å². The van der Waals surface area contributed by atoms with Gasteiger partial charge in [-0.05, 0) is 49.8 Å². The van der Waals surface area contributed by atoms with Crippen LogP contribution in [0.4, 0.5) is 10.1 Å². The fourth-order valence-electron chi connectivity index (χ4n) is 3.66. The zero-order chi connectivity index (χ0) is 13.5.